The molecule has 5 nitrogen and oxygen atoms in total. The van der Waals surface area contributed by atoms with E-state index in [1.165, 1.54) is 12.3 Å². The van der Waals surface area contributed by atoms with Crippen LogP contribution in [-0.4, -0.2) is 27.0 Å². The van der Waals surface area contributed by atoms with E-state index in [-0.39, 0.29) is 16.9 Å². The fourth-order valence-electron chi connectivity index (χ4n) is 3.23. The van der Waals surface area contributed by atoms with Gasteiger partial charge in [0, 0.05) is 12.1 Å². The fraction of sp³-hybridized carbons (Fsp3) is 0.174. The number of halogens is 2. The maximum absolute atomic E-state index is 13.7. The van der Waals surface area contributed by atoms with Gasteiger partial charge < -0.3 is 5.32 Å². The van der Waals surface area contributed by atoms with E-state index in [0.29, 0.717) is 24.2 Å². The molecule has 0 saturated carbocycles. The highest BCUT2D eigenvalue weighted by Gasteiger charge is 2.21. The first kappa shape index (κ1) is 19.7. The Morgan fingerprint density at radius 1 is 1.10 bits per heavy atom. The number of amides is 1. The van der Waals surface area contributed by atoms with Gasteiger partial charge in [0.05, 0.1) is 11.9 Å². The molecule has 152 valence electrons. The van der Waals surface area contributed by atoms with Crippen LogP contribution in [0.15, 0.2) is 66.9 Å². The van der Waals surface area contributed by atoms with Gasteiger partial charge >= 0.3 is 0 Å². The summed E-state index contributed by atoms with van der Waals surface area (Å²) in [6, 6.07) is 18.5. The summed E-state index contributed by atoms with van der Waals surface area (Å²) in [7, 11) is 0. The molecule has 1 amide bonds. The van der Waals surface area contributed by atoms with Crippen molar-refractivity contribution < 1.29 is 13.6 Å². The van der Waals surface area contributed by atoms with Crippen molar-refractivity contribution in [3.8, 4) is 11.3 Å². The molecule has 4 aromatic rings. The maximum atomic E-state index is 13.7. The molecule has 0 bridgehead atoms. The van der Waals surface area contributed by atoms with Crippen LogP contribution < -0.4 is 5.32 Å². The van der Waals surface area contributed by atoms with Crippen LogP contribution in [0.4, 0.5) is 8.78 Å². The molecule has 0 saturated heterocycles. The van der Waals surface area contributed by atoms with E-state index in [2.05, 4.69) is 15.4 Å². The largest absolute Gasteiger partial charge is 0.352 e. The lowest BCUT2D eigenvalue weighted by Crippen LogP contribution is -2.25. The zero-order chi connectivity index (χ0) is 21.1. The van der Waals surface area contributed by atoms with Gasteiger partial charge in [-0.1, -0.05) is 60.2 Å². The van der Waals surface area contributed by atoms with Gasteiger partial charge in [0.25, 0.3) is 12.3 Å². The van der Waals surface area contributed by atoms with Crippen molar-refractivity contribution in [2.24, 2.45) is 0 Å². The Balaban J connectivity index is 1.65. The van der Waals surface area contributed by atoms with Crippen LogP contribution in [0.1, 0.15) is 33.6 Å². The van der Waals surface area contributed by atoms with Crippen LogP contribution in [0.2, 0.25) is 0 Å². The molecule has 0 atom stereocenters. The molecule has 1 N–H and O–H groups in total. The quantitative estimate of drug-likeness (QED) is 0.509. The van der Waals surface area contributed by atoms with E-state index < -0.39 is 12.3 Å². The monoisotopic (exact) mass is 406 g/mol. The van der Waals surface area contributed by atoms with Crippen molar-refractivity contribution in [3.05, 3.63) is 89.2 Å². The predicted octanol–water partition coefficient (Wildman–Crippen LogP) is 4.61. The highest BCUT2D eigenvalue weighted by molar-refractivity contribution is 5.99. The Morgan fingerprint density at radius 3 is 2.53 bits per heavy atom. The van der Waals surface area contributed by atoms with Gasteiger partial charge in [0.1, 0.15) is 11.3 Å². The molecular formula is C23H20F2N4O. The van der Waals surface area contributed by atoms with E-state index in [9.17, 15) is 13.6 Å². The number of alkyl halides is 2. The number of rotatable bonds is 6. The Labute approximate surface area is 172 Å². The number of nitrogens with one attached hydrogen (secondary N) is 1. The zero-order valence-corrected chi connectivity index (χ0v) is 16.3. The lowest BCUT2D eigenvalue weighted by Gasteiger charge is -2.09. The second-order valence-corrected chi connectivity index (χ2v) is 7.02. The van der Waals surface area contributed by atoms with Crippen LogP contribution >= 0.6 is 0 Å². The molecule has 7 heteroatoms. The molecule has 2 heterocycles. The highest BCUT2D eigenvalue weighted by Crippen LogP contribution is 2.27. The van der Waals surface area contributed by atoms with Gasteiger partial charge in [0.15, 0.2) is 5.65 Å². The molecule has 0 radical (unpaired) electrons. The van der Waals surface area contributed by atoms with E-state index in [1.807, 2.05) is 61.5 Å². The molecule has 0 fully saturated rings. The standard InChI is InChI=1S/C23H20F2N4O/c1-15-7-9-17(10-8-15)19-13-20(21(24)25)29-22(28-19)18(14-27-29)23(30)26-12-11-16-5-3-2-4-6-16/h2-10,13-14,21H,11-12H2,1H3,(H,26,30). The third-order valence-corrected chi connectivity index (χ3v) is 4.86. The summed E-state index contributed by atoms with van der Waals surface area (Å²) >= 11 is 0. The minimum Gasteiger partial charge on any atom is -0.352 e. The van der Waals surface area contributed by atoms with Gasteiger partial charge in [-0.15, -0.1) is 0 Å². The molecule has 0 unspecified atom stereocenters. The van der Waals surface area contributed by atoms with Gasteiger partial charge in [0.2, 0.25) is 0 Å². The maximum Gasteiger partial charge on any atom is 0.280 e. The normalized spacial score (nSPS) is 11.2. The minimum absolute atomic E-state index is 0.112. The Bertz CT molecular complexity index is 1170. The number of hydrogen-bond acceptors (Lipinski definition) is 3. The van der Waals surface area contributed by atoms with Gasteiger partial charge in [-0.3, -0.25) is 4.79 Å². The van der Waals surface area contributed by atoms with Crippen molar-refractivity contribution in [2.45, 2.75) is 19.8 Å². The third kappa shape index (κ3) is 4.05. The highest BCUT2D eigenvalue weighted by atomic mass is 19.3. The third-order valence-electron chi connectivity index (χ3n) is 4.86. The molecule has 4 rings (SSSR count). The topological polar surface area (TPSA) is 59.3 Å². The van der Waals surface area contributed by atoms with Crippen molar-refractivity contribution >= 4 is 11.6 Å². The van der Waals surface area contributed by atoms with Crippen LogP contribution in [0.5, 0.6) is 0 Å². The van der Waals surface area contributed by atoms with Gasteiger partial charge in [-0.25, -0.2) is 18.3 Å². The average molecular weight is 406 g/mol. The van der Waals surface area contributed by atoms with Crippen LogP contribution in [-0.2, 0) is 6.42 Å². The molecule has 0 spiro atoms. The number of benzene rings is 2. The van der Waals surface area contributed by atoms with E-state index in [1.54, 1.807) is 0 Å². The van der Waals surface area contributed by atoms with Crippen LogP contribution in [0.3, 0.4) is 0 Å². The molecule has 0 aliphatic heterocycles. The summed E-state index contributed by atoms with van der Waals surface area (Å²) in [5, 5.41) is 6.81. The number of fused-ring (bicyclic) bond motifs is 1. The number of carbonyl (C=O) groups is 1. The molecule has 30 heavy (non-hydrogen) atoms. The van der Waals surface area contributed by atoms with Crippen molar-refractivity contribution in [2.75, 3.05) is 6.54 Å². The number of nitrogens with zero attached hydrogens (tertiary/aromatic N) is 3. The lowest BCUT2D eigenvalue weighted by molar-refractivity contribution is 0.0955. The zero-order valence-electron chi connectivity index (χ0n) is 16.3. The van der Waals surface area contributed by atoms with Crippen molar-refractivity contribution in [1.29, 1.82) is 0 Å². The van der Waals surface area contributed by atoms with Crippen LogP contribution in [0, 0.1) is 6.92 Å². The summed E-state index contributed by atoms with van der Waals surface area (Å²) in [4.78, 5) is 17.2. The van der Waals surface area contributed by atoms with E-state index >= 15 is 0 Å². The lowest BCUT2D eigenvalue weighted by atomic mass is 10.1. The summed E-state index contributed by atoms with van der Waals surface area (Å²) in [5.41, 5.74) is 3.19. The molecule has 2 aromatic carbocycles. The Morgan fingerprint density at radius 2 is 1.83 bits per heavy atom. The molecule has 0 aliphatic carbocycles. The first-order valence-corrected chi connectivity index (χ1v) is 9.59. The minimum atomic E-state index is -2.76. The predicted molar refractivity (Wildman–Crippen MR) is 111 cm³/mol. The van der Waals surface area contributed by atoms with Gasteiger partial charge in [-0.05, 0) is 25.0 Å². The SMILES string of the molecule is Cc1ccc(-c2cc(C(F)F)n3ncc(C(=O)NCCc4ccccc4)c3n2)cc1. The van der Waals surface area contributed by atoms with E-state index in [4.69, 9.17) is 0 Å². The Kier molecular flexibility index (Phi) is 5.52. The number of aromatic nitrogens is 3. The molecule has 2 aromatic heterocycles. The summed E-state index contributed by atoms with van der Waals surface area (Å²) in [6.07, 6.45) is -0.810. The summed E-state index contributed by atoms with van der Waals surface area (Å²) < 4.78 is 28.4. The van der Waals surface area contributed by atoms with Gasteiger partial charge in [-0.2, -0.15) is 5.10 Å². The average Bonchev–Trinajstić information content (AvgIpc) is 3.18. The first-order chi connectivity index (χ1) is 14.5. The second kappa shape index (κ2) is 8.41. The van der Waals surface area contributed by atoms with E-state index in [0.717, 1.165) is 15.6 Å². The Hall–Kier alpha value is -3.61. The smallest absolute Gasteiger partial charge is 0.280 e. The molecule has 0 aliphatic rings. The first-order valence-electron chi connectivity index (χ1n) is 9.59. The molecular weight excluding hydrogens is 386 g/mol. The van der Waals surface area contributed by atoms with Crippen LogP contribution in [0.25, 0.3) is 16.9 Å². The number of hydrogen-bond donors (Lipinski definition) is 1. The number of carbonyl (C=O) groups excluding carboxylic acids is 1. The summed E-state index contributed by atoms with van der Waals surface area (Å²) in [6.45, 7) is 2.36. The summed E-state index contributed by atoms with van der Waals surface area (Å²) in [5.74, 6) is -0.394. The van der Waals surface area contributed by atoms with Crippen molar-refractivity contribution in [1.82, 2.24) is 19.9 Å². The second-order valence-electron chi connectivity index (χ2n) is 7.02. The fourth-order valence-corrected chi connectivity index (χ4v) is 3.23. The number of aryl methyl sites for hydroxylation is 1. The van der Waals surface area contributed by atoms with Crippen molar-refractivity contribution in [3.63, 3.8) is 0 Å².